The molecule has 0 saturated heterocycles. The quantitative estimate of drug-likeness (QED) is 0.852. The van der Waals surface area contributed by atoms with Crippen molar-refractivity contribution in [3.63, 3.8) is 0 Å². The SMILES string of the molecule is COC(c1ccccc1)c1ccc(=O)[nH]c1. The Morgan fingerprint density at radius 2 is 1.81 bits per heavy atom. The molecule has 1 N–H and O–H groups in total. The van der Waals surface area contributed by atoms with Gasteiger partial charge in [-0.1, -0.05) is 30.3 Å². The molecule has 0 spiro atoms. The molecule has 1 heterocycles. The maximum absolute atomic E-state index is 11.0. The highest BCUT2D eigenvalue weighted by Crippen LogP contribution is 2.23. The average molecular weight is 215 g/mol. The van der Waals surface area contributed by atoms with Gasteiger partial charge < -0.3 is 9.72 Å². The number of aromatic amines is 1. The third-order valence-electron chi connectivity index (χ3n) is 2.45. The van der Waals surface area contributed by atoms with Crippen molar-refractivity contribution < 1.29 is 4.74 Å². The molecule has 1 unspecified atom stereocenters. The van der Waals surface area contributed by atoms with E-state index in [0.717, 1.165) is 11.1 Å². The Morgan fingerprint density at radius 1 is 1.06 bits per heavy atom. The van der Waals surface area contributed by atoms with E-state index in [1.54, 1.807) is 19.4 Å². The highest BCUT2D eigenvalue weighted by atomic mass is 16.5. The maximum Gasteiger partial charge on any atom is 0.247 e. The van der Waals surface area contributed by atoms with Crippen LogP contribution < -0.4 is 5.56 Å². The van der Waals surface area contributed by atoms with Crippen LogP contribution in [0.25, 0.3) is 0 Å². The van der Waals surface area contributed by atoms with Crippen LogP contribution in [0.1, 0.15) is 17.2 Å². The number of ether oxygens (including phenoxy) is 1. The number of H-pyrrole nitrogens is 1. The Hall–Kier alpha value is -1.87. The zero-order valence-corrected chi connectivity index (χ0v) is 9.01. The van der Waals surface area contributed by atoms with Crippen LogP contribution in [0.4, 0.5) is 0 Å². The zero-order valence-electron chi connectivity index (χ0n) is 9.01. The summed E-state index contributed by atoms with van der Waals surface area (Å²) < 4.78 is 5.44. The first-order valence-corrected chi connectivity index (χ1v) is 5.07. The van der Waals surface area contributed by atoms with Gasteiger partial charge in [0.2, 0.25) is 5.56 Å². The normalized spacial score (nSPS) is 12.3. The second-order valence-corrected chi connectivity index (χ2v) is 3.51. The number of methoxy groups -OCH3 is 1. The number of hydrogen-bond acceptors (Lipinski definition) is 2. The van der Waals surface area contributed by atoms with Gasteiger partial charge in [-0.05, 0) is 11.6 Å². The van der Waals surface area contributed by atoms with Crippen molar-refractivity contribution in [2.24, 2.45) is 0 Å². The van der Waals surface area contributed by atoms with Gasteiger partial charge in [-0.25, -0.2) is 0 Å². The fourth-order valence-corrected chi connectivity index (χ4v) is 1.68. The largest absolute Gasteiger partial charge is 0.372 e. The zero-order chi connectivity index (χ0) is 11.4. The maximum atomic E-state index is 11.0. The molecule has 2 rings (SSSR count). The van der Waals surface area contributed by atoms with E-state index in [4.69, 9.17) is 4.74 Å². The highest BCUT2D eigenvalue weighted by Gasteiger charge is 2.12. The lowest BCUT2D eigenvalue weighted by Crippen LogP contribution is -2.08. The highest BCUT2D eigenvalue weighted by molar-refractivity contribution is 5.27. The monoisotopic (exact) mass is 215 g/mol. The van der Waals surface area contributed by atoms with Crippen LogP contribution in [-0.2, 0) is 4.74 Å². The molecule has 1 aromatic heterocycles. The molecule has 0 aliphatic carbocycles. The Labute approximate surface area is 93.7 Å². The topological polar surface area (TPSA) is 42.1 Å². The summed E-state index contributed by atoms with van der Waals surface area (Å²) in [6.07, 6.45) is 1.54. The molecule has 3 nitrogen and oxygen atoms in total. The summed E-state index contributed by atoms with van der Waals surface area (Å²) in [5, 5.41) is 0. The Morgan fingerprint density at radius 3 is 2.38 bits per heavy atom. The van der Waals surface area contributed by atoms with Gasteiger partial charge in [0.15, 0.2) is 0 Å². The van der Waals surface area contributed by atoms with E-state index < -0.39 is 0 Å². The summed E-state index contributed by atoms with van der Waals surface area (Å²) in [5.41, 5.74) is 1.90. The molecular weight excluding hydrogens is 202 g/mol. The molecule has 2 aromatic rings. The van der Waals surface area contributed by atoms with Crippen LogP contribution in [0.2, 0.25) is 0 Å². The lowest BCUT2D eigenvalue weighted by atomic mass is 10.0. The van der Waals surface area contributed by atoms with Gasteiger partial charge in [-0.15, -0.1) is 0 Å². The van der Waals surface area contributed by atoms with Gasteiger partial charge in [-0.2, -0.15) is 0 Å². The van der Waals surface area contributed by atoms with Crippen LogP contribution in [0.15, 0.2) is 53.5 Å². The molecule has 0 bridgehead atoms. The molecule has 0 aliphatic rings. The first-order valence-electron chi connectivity index (χ1n) is 5.07. The Balaban J connectivity index is 2.37. The van der Waals surface area contributed by atoms with E-state index in [9.17, 15) is 4.79 Å². The fourth-order valence-electron chi connectivity index (χ4n) is 1.68. The van der Waals surface area contributed by atoms with E-state index >= 15 is 0 Å². The van der Waals surface area contributed by atoms with Crippen molar-refractivity contribution in [1.29, 1.82) is 0 Å². The summed E-state index contributed by atoms with van der Waals surface area (Å²) >= 11 is 0. The van der Waals surface area contributed by atoms with Crippen LogP contribution >= 0.6 is 0 Å². The van der Waals surface area contributed by atoms with Crippen molar-refractivity contribution in [2.45, 2.75) is 6.10 Å². The summed E-state index contributed by atoms with van der Waals surface area (Å²) in [6.45, 7) is 0. The summed E-state index contributed by atoms with van der Waals surface area (Å²) in [5.74, 6) is 0. The van der Waals surface area contributed by atoms with Gasteiger partial charge in [0.1, 0.15) is 6.10 Å². The van der Waals surface area contributed by atoms with E-state index in [2.05, 4.69) is 4.98 Å². The van der Waals surface area contributed by atoms with Crippen LogP contribution in [0, 0.1) is 0 Å². The third kappa shape index (κ3) is 2.20. The average Bonchev–Trinajstić information content (AvgIpc) is 2.34. The predicted molar refractivity (Wildman–Crippen MR) is 62.4 cm³/mol. The fraction of sp³-hybridized carbons (Fsp3) is 0.154. The van der Waals surface area contributed by atoms with Crippen molar-refractivity contribution in [3.05, 3.63) is 70.1 Å². The van der Waals surface area contributed by atoms with E-state index in [-0.39, 0.29) is 11.7 Å². The van der Waals surface area contributed by atoms with Crippen molar-refractivity contribution in [3.8, 4) is 0 Å². The van der Waals surface area contributed by atoms with E-state index in [0.29, 0.717) is 0 Å². The number of rotatable bonds is 3. The number of aromatic nitrogens is 1. The first-order chi connectivity index (χ1) is 7.81. The van der Waals surface area contributed by atoms with E-state index in [1.165, 1.54) is 6.07 Å². The Kier molecular flexibility index (Phi) is 3.17. The molecule has 16 heavy (non-hydrogen) atoms. The minimum absolute atomic E-state index is 0.105. The van der Waals surface area contributed by atoms with Gasteiger partial charge in [0.25, 0.3) is 0 Å². The van der Waals surface area contributed by atoms with Crippen molar-refractivity contribution in [1.82, 2.24) is 4.98 Å². The molecule has 82 valence electrons. The van der Waals surface area contributed by atoms with Crippen molar-refractivity contribution >= 4 is 0 Å². The Bertz CT molecular complexity index is 484. The number of nitrogens with one attached hydrogen (secondary N) is 1. The summed E-state index contributed by atoms with van der Waals surface area (Å²) in [4.78, 5) is 13.6. The molecule has 0 radical (unpaired) electrons. The van der Waals surface area contributed by atoms with E-state index in [1.807, 2.05) is 30.3 Å². The van der Waals surface area contributed by atoms with Crippen LogP contribution in [0.5, 0.6) is 0 Å². The molecule has 1 aromatic carbocycles. The van der Waals surface area contributed by atoms with Gasteiger partial charge >= 0.3 is 0 Å². The van der Waals surface area contributed by atoms with Crippen LogP contribution in [0.3, 0.4) is 0 Å². The van der Waals surface area contributed by atoms with Gasteiger partial charge in [0.05, 0.1) is 0 Å². The smallest absolute Gasteiger partial charge is 0.247 e. The molecule has 1 atom stereocenters. The molecule has 0 aliphatic heterocycles. The summed E-state index contributed by atoms with van der Waals surface area (Å²) in [7, 11) is 1.66. The second kappa shape index (κ2) is 4.77. The molecule has 0 saturated carbocycles. The van der Waals surface area contributed by atoms with Gasteiger partial charge in [-0.3, -0.25) is 4.79 Å². The lowest BCUT2D eigenvalue weighted by Gasteiger charge is -2.15. The number of hydrogen-bond donors (Lipinski definition) is 1. The second-order valence-electron chi connectivity index (χ2n) is 3.51. The van der Waals surface area contributed by atoms with Crippen molar-refractivity contribution in [2.75, 3.05) is 7.11 Å². The van der Waals surface area contributed by atoms with Gasteiger partial charge in [0, 0.05) is 24.9 Å². The lowest BCUT2D eigenvalue weighted by molar-refractivity contribution is 0.136. The molecule has 0 fully saturated rings. The minimum Gasteiger partial charge on any atom is -0.372 e. The minimum atomic E-state index is -0.141. The number of benzene rings is 1. The molecule has 0 amide bonds. The molecular formula is C13H13NO2. The molecule has 3 heteroatoms. The third-order valence-corrected chi connectivity index (χ3v) is 2.45. The summed E-state index contributed by atoms with van der Waals surface area (Å²) in [6, 6.07) is 13.2. The van der Waals surface area contributed by atoms with Crippen LogP contribution in [-0.4, -0.2) is 12.1 Å². The first kappa shape index (κ1) is 10.6. The number of pyridine rings is 1. The standard InChI is InChI=1S/C13H13NO2/c1-16-13(10-5-3-2-4-6-10)11-7-8-12(15)14-9-11/h2-9,13H,1H3,(H,14,15). The predicted octanol–water partition coefficient (Wildman–Crippen LogP) is 2.11.